The first-order valence-corrected chi connectivity index (χ1v) is 8.24. The fraction of sp³-hybridized carbons (Fsp3) is 0.0500. The number of phenols is 1. The van der Waals surface area contributed by atoms with E-state index in [2.05, 4.69) is 10.3 Å². The lowest BCUT2D eigenvalue weighted by atomic mass is 10.1. The monoisotopic (exact) mass is 361 g/mol. The van der Waals surface area contributed by atoms with Crippen molar-refractivity contribution in [2.75, 3.05) is 4.90 Å². The van der Waals surface area contributed by atoms with Gasteiger partial charge in [-0.1, -0.05) is 18.2 Å². The molecule has 27 heavy (non-hydrogen) atoms. The van der Waals surface area contributed by atoms with Crippen LogP contribution in [-0.4, -0.2) is 22.0 Å². The van der Waals surface area contributed by atoms with Crippen molar-refractivity contribution in [3.05, 3.63) is 78.5 Å². The van der Waals surface area contributed by atoms with Gasteiger partial charge in [-0.25, -0.2) is 14.7 Å². The number of carbonyl (C=O) groups is 2. The molecule has 1 aliphatic heterocycles. The number of anilines is 1. The van der Waals surface area contributed by atoms with Crippen molar-refractivity contribution in [3.8, 4) is 17.4 Å². The van der Waals surface area contributed by atoms with Gasteiger partial charge in [0.2, 0.25) is 5.88 Å². The summed E-state index contributed by atoms with van der Waals surface area (Å²) in [6.45, 7) is 0. The average Bonchev–Trinajstić information content (AvgIpc) is 2.98. The Morgan fingerprint density at radius 1 is 1.00 bits per heavy atom. The molecule has 2 aromatic carbocycles. The Bertz CT molecular complexity index is 990. The molecule has 7 heteroatoms. The Hall–Kier alpha value is -3.87. The Morgan fingerprint density at radius 2 is 1.81 bits per heavy atom. The second-order valence-electron chi connectivity index (χ2n) is 5.92. The number of phenolic OH excluding ortho intramolecular Hbond substituents is 1. The highest BCUT2D eigenvalue weighted by atomic mass is 16.5. The van der Waals surface area contributed by atoms with Crippen LogP contribution < -0.4 is 15.0 Å². The first-order chi connectivity index (χ1) is 13.1. The molecule has 0 aliphatic carbocycles. The summed E-state index contributed by atoms with van der Waals surface area (Å²) in [5, 5.41) is 12.2. The van der Waals surface area contributed by atoms with Gasteiger partial charge in [-0.3, -0.25) is 4.79 Å². The predicted molar refractivity (Wildman–Crippen MR) is 97.6 cm³/mol. The van der Waals surface area contributed by atoms with E-state index in [1.165, 1.54) is 12.1 Å². The maximum Gasteiger partial charge on any atom is 0.329 e. The van der Waals surface area contributed by atoms with Gasteiger partial charge in [0.15, 0.2) is 0 Å². The smallest absolute Gasteiger partial charge is 0.329 e. The minimum atomic E-state index is -0.839. The minimum Gasteiger partial charge on any atom is -0.508 e. The molecule has 3 aromatic rings. The van der Waals surface area contributed by atoms with E-state index >= 15 is 0 Å². The normalized spacial score (nSPS) is 16.3. The highest BCUT2D eigenvalue weighted by Gasteiger charge is 2.40. The van der Waals surface area contributed by atoms with Crippen molar-refractivity contribution in [2.45, 2.75) is 6.04 Å². The minimum absolute atomic E-state index is 0.0315. The largest absolute Gasteiger partial charge is 0.508 e. The van der Waals surface area contributed by atoms with Gasteiger partial charge in [-0.05, 0) is 48.0 Å². The van der Waals surface area contributed by atoms with Gasteiger partial charge in [-0.2, -0.15) is 0 Å². The molecule has 0 bridgehead atoms. The van der Waals surface area contributed by atoms with Crippen molar-refractivity contribution in [1.82, 2.24) is 10.3 Å². The highest BCUT2D eigenvalue weighted by Crippen LogP contribution is 2.30. The van der Waals surface area contributed by atoms with Crippen molar-refractivity contribution < 1.29 is 19.4 Å². The number of ether oxygens (including phenoxy) is 1. The average molecular weight is 361 g/mol. The number of hydrogen-bond acceptors (Lipinski definition) is 5. The van der Waals surface area contributed by atoms with Gasteiger partial charge in [-0.15, -0.1) is 0 Å². The molecule has 2 heterocycles. The number of hydrogen-bond donors (Lipinski definition) is 2. The third-order valence-electron chi connectivity index (χ3n) is 4.10. The predicted octanol–water partition coefficient (Wildman–Crippen LogP) is 3.38. The molecule has 7 nitrogen and oxygen atoms in total. The van der Waals surface area contributed by atoms with Crippen LogP contribution in [0.25, 0.3) is 0 Å². The molecule has 1 atom stereocenters. The van der Waals surface area contributed by atoms with Crippen LogP contribution in [0.2, 0.25) is 0 Å². The molecular weight excluding hydrogens is 346 g/mol. The number of carbonyl (C=O) groups excluding carboxylic acids is 2. The number of pyridine rings is 1. The summed E-state index contributed by atoms with van der Waals surface area (Å²) < 4.78 is 5.61. The molecule has 1 aliphatic rings. The lowest BCUT2D eigenvalue weighted by Crippen LogP contribution is -2.30. The van der Waals surface area contributed by atoms with Crippen LogP contribution in [0, 0.1) is 0 Å². The lowest BCUT2D eigenvalue weighted by molar-refractivity contribution is -0.118. The van der Waals surface area contributed by atoms with E-state index in [1.54, 1.807) is 54.7 Å². The fourth-order valence-corrected chi connectivity index (χ4v) is 2.85. The molecule has 134 valence electrons. The number of aromatic nitrogens is 1. The summed E-state index contributed by atoms with van der Waals surface area (Å²) in [5.74, 6) is 0.603. The van der Waals surface area contributed by atoms with Crippen LogP contribution >= 0.6 is 0 Å². The number of nitrogens with one attached hydrogen (secondary N) is 1. The summed E-state index contributed by atoms with van der Waals surface area (Å²) >= 11 is 0. The van der Waals surface area contributed by atoms with Gasteiger partial charge in [0.25, 0.3) is 5.91 Å². The van der Waals surface area contributed by atoms with E-state index < -0.39 is 18.0 Å². The molecule has 1 fully saturated rings. The number of nitrogens with zero attached hydrogens (tertiary/aromatic N) is 2. The quantitative estimate of drug-likeness (QED) is 0.695. The summed E-state index contributed by atoms with van der Waals surface area (Å²) in [6.07, 6.45) is 1.62. The van der Waals surface area contributed by atoms with Gasteiger partial charge in [0.1, 0.15) is 17.5 Å². The third kappa shape index (κ3) is 3.30. The Labute approximate surface area is 154 Å². The maximum absolute atomic E-state index is 12.7. The zero-order chi connectivity index (χ0) is 18.8. The van der Waals surface area contributed by atoms with Gasteiger partial charge in [0.05, 0.1) is 5.69 Å². The summed E-state index contributed by atoms with van der Waals surface area (Å²) in [6, 6.07) is 16.8. The Kier molecular flexibility index (Phi) is 4.18. The molecule has 0 saturated carbocycles. The summed E-state index contributed by atoms with van der Waals surface area (Å²) in [5.41, 5.74) is 0.944. The van der Waals surface area contributed by atoms with E-state index in [0.717, 1.165) is 4.90 Å². The molecule has 0 spiro atoms. The van der Waals surface area contributed by atoms with Crippen LogP contribution in [0.3, 0.4) is 0 Å². The van der Waals surface area contributed by atoms with E-state index in [-0.39, 0.29) is 5.75 Å². The molecule has 1 unspecified atom stereocenters. The van der Waals surface area contributed by atoms with Gasteiger partial charge < -0.3 is 15.2 Å². The topological polar surface area (TPSA) is 91.8 Å². The van der Waals surface area contributed by atoms with Crippen LogP contribution in [0.1, 0.15) is 11.6 Å². The Balaban J connectivity index is 1.54. The van der Waals surface area contributed by atoms with Crippen molar-refractivity contribution in [3.63, 3.8) is 0 Å². The number of aromatic hydroxyl groups is 1. The second kappa shape index (κ2) is 6.80. The van der Waals surface area contributed by atoms with E-state index in [0.29, 0.717) is 22.9 Å². The molecule has 3 amide bonds. The first kappa shape index (κ1) is 16.6. The van der Waals surface area contributed by atoms with E-state index in [4.69, 9.17) is 4.74 Å². The molecule has 2 N–H and O–H groups in total. The number of benzene rings is 2. The van der Waals surface area contributed by atoms with E-state index in [1.807, 2.05) is 6.07 Å². The second-order valence-corrected chi connectivity index (χ2v) is 5.92. The number of urea groups is 1. The molecule has 0 radical (unpaired) electrons. The lowest BCUT2D eigenvalue weighted by Gasteiger charge is -2.14. The van der Waals surface area contributed by atoms with Crippen LogP contribution in [-0.2, 0) is 4.79 Å². The van der Waals surface area contributed by atoms with Gasteiger partial charge in [0, 0.05) is 12.3 Å². The highest BCUT2D eigenvalue weighted by molar-refractivity contribution is 6.21. The fourth-order valence-electron chi connectivity index (χ4n) is 2.85. The van der Waals surface area contributed by atoms with Crippen molar-refractivity contribution >= 4 is 17.6 Å². The number of imide groups is 1. The SMILES string of the molecule is O=C1NC(c2cccc(O)c2)C(=O)N1c1ccc(Oc2ccccn2)cc1. The number of amides is 3. The van der Waals surface area contributed by atoms with Crippen molar-refractivity contribution in [1.29, 1.82) is 0 Å². The standard InChI is InChI=1S/C20H15N3O4/c24-15-5-3-4-13(12-15)18-19(25)23(20(26)22-18)14-7-9-16(10-8-14)27-17-6-1-2-11-21-17/h1-12,18,24H,(H,22,26). The van der Waals surface area contributed by atoms with Crippen LogP contribution in [0.15, 0.2) is 72.9 Å². The van der Waals surface area contributed by atoms with Gasteiger partial charge >= 0.3 is 6.03 Å². The molecular formula is C20H15N3O4. The summed E-state index contributed by atoms with van der Waals surface area (Å²) in [7, 11) is 0. The van der Waals surface area contributed by atoms with Crippen LogP contribution in [0.5, 0.6) is 17.4 Å². The van der Waals surface area contributed by atoms with Crippen molar-refractivity contribution in [2.24, 2.45) is 0 Å². The maximum atomic E-state index is 12.7. The molecule has 1 aromatic heterocycles. The molecule has 4 rings (SSSR count). The zero-order valence-corrected chi connectivity index (χ0v) is 14.1. The summed E-state index contributed by atoms with van der Waals surface area (Å²) in [4.78, 5) is 30.2. The third-order valence-corrected chi connectivity index (χ3v) is 4.10. The number of rotatable bonds is 4. The van der Waals surface area contributed by atoms with Crippen LogP contribution in [0.4, 0.5) is 10.5 Å². The molecule has 1 saturated heterocycles. The zero-order valence-electron chi connectivity index (χ0n) is 14.1. The van der Waals surface area contributed by atoms with E-state index in [9.17, 15) is 14.7 Å². The Morgan fingerprint density at radius 3 is 2.52 bits per heavy atom. The first-order valence-electron chi connectivity index (χ1n) is 8.24.